The third kappa shape index (κ3) is 4.13. The molecule has 2 amide bonds. The molecule has 2 aromatic rings. The first-order valence-corrected chi connectivity index (χ1v) is 7.45. The van der Waals surface area contributed by atoms with Crippen LogP contribution in [0.2, 0.25) is 0 Å². The summed E-state index contributed by atoms with van der Waals surface area (Å²) >= 11 is 1.37. The van der Waals surface area contributed by atoms with Gasteiger partial charge in [0.2, 0.25) is 5.91 Å². The Morgan fingerprint density at radius 3 is 2.48 bits per heavy atom. The fourth-order valence-corrected chi connectivity index (χ4v) is 2.72. The lowest BCUT2D eigenvalue weighted by Gasteiger charge is -2.05. The molecule has 2 rings (SSSR count). The van der Waals surface area contributed by atoms with Crippen molar-refractivity contribution in [3.05, 3.63) is 40.2 Å². The largest absolute Gasteiger partial charge is 0.355 e. The summed E-state index contributed by atoms with van der Waals surface area (Å²) in [4.78, 5) is 28.1. The van der Waals surface area contributed by atoms with Crippen LogP contribution in [0, 0.1) is 6.92 Å². The first kappa shape index (κ1) is 15.2. The predicted octanol–water partition coefficient (Wildman–Crippen LogP) is 1.98. The Kier molecular flexibility index (Phi) is 5.05. The average molecular weight is 303 g/mol. The molecule has 0 unspecified atom stereocenters. The van der Waals surface area contributed by atoms with Gasteiger partial charge in [-0.3, -0.25) is 9.59 Å². The second kappa shape index (κ2) is 6.99. The molecule has 0 spiro atoms. The molecule has 1 aromatic carbocycles. The molecule has 1 heterocycles. The smallest absolute Gasteiger partial charge is 0.263 e. The number of benzene rings is 1. The molecule has 5 nitrogen and oxygen atoms in total. The van der Waals surface area contributed by atoms with Crippen LogP contribution in [-0.4, -0.2) is 29.9 Å². The Hall–Kier alpha value is -2.21. The van der Waals surface area contributed by atoms with Gasteiger partial charge < -0.3 is 10.6 Å². The standard InChI is InChI=1S/C15H17N3O2S/c1-10(19)16-8-9-17-15(20)14-13(18-11(2)21-14)12-6-4-3-5-7-12/h3-7H,8-9H2,1-2H3,(H,16,19)(H,17,20). The van der Waals surface area contributed by atoms with E-state index >= 15 is 0 Å². The molecule has 21 heavy (non-hydrogen) atoms. The number of hydrogen-bond donors (Lipinski definition) is 2. The van der Waals surface area contributed by atoms with E-state index in [1.807, 2.05) is 37.3 Å². The fraction of sp³-hybridized carbons (Fsp3) is 0.267. The molecular formula is C15H17N3O2S. The minimum absolute atomic E-state index is 0.108. The number of thiazole rings is 1. The third-order valence-electron chi connectivity index (χ3n) is 2.77. The van der Waals surface area contributed by atoms with Crippen LogP contribution in [0.25, 0.3) is 11.3 Å². The molecule has 6 heteroatoms. The van der Waals surface area contributed by atoms with E-state index < -0.39 is 0 Å². The van der Waals surface area contributed by atoms with E-state index in [0.29, 0.717) is 23.7 Å². The number of aryl methyl sites for hydroxylation is 1. The lowest BCUT2D eigenvalue weighted by molar-refractivity contribution is -0.118. The number of amides is 2. The number of carbonyl (C=O) groups is 2. The Bertz CT molecular complexity index is 638. The first-order valence-electron chi connectivity index (χ1n) is 6.63. The van der Waals surface area contributed by atoms with E-state index in [9.17, 15) is 9.59 Å². The van der Waals surface area contributed by atoms with Gasteiger partial charge in [-0.15, -0.1) is 11.3 Å². The van der Waals surface area contributed by atoms with Crippen molar-refractivity contribution in [2.24, 2.45) is 0 Å². The van der Waals surface area contributed by atoms with E-state index in [1.54, 1.807) is 0 Å². The van der Waals surface area contributed by atoms with Crippen molar-refractivity contribution in [2.45, 2.75) is 13.8 Å². The van der Waals surface area contributed by atoms with E-state index in [-0.39, 0.29) is 11.8 Å². The van der Waals surface area contributed by atoms with E-state index in [0.717, 1.165) is 10.6 Å². The predicted molar refractivity (Wildman–Crippen MR) is 83.3 cm³/mol. The van der Waals surface area contributed by atoms with Crippen molar-refractivity contribution in [3.63, 3.8) is 0 Å². The molecule has 0 bridgehead atoms. The molecule has 0 aliphatic heterocycles. The number of hydrogen-bond acceptors (Lipinski definition) is 4. The van der Waals surface area contributed by atoms with Gasteiger partial charge in [0, 0.05) is 25.6 Å². The first-order chi connectivity index (χ1) is 10.1. The van der Waals surface area contributed by atoms with Gasteiger partial charge in [-0.1, -0.05) is 30.3 Å². The summed E-state index contributed by atoms with van der Waals surface area (Å²) in [5, 5.41) is 6.28. The van der Waals surface area contributed by atoms with Crippen molar-refractivity contribution in [1.29, 1.82) is 0 Å². The topological polar surface area (TPSA) is 71.1 Å². The zero-order valence-electron chi connectivity index (χ0n) is 12.0. The minimum Gasteiger partial charge on any atom is -0.355 e. The van der Waals surface area contributed by atoms with E-state index in [4.69, 9.17) is 0 Å². The van der Waals surface area contributed by atoms with Crippen molar-refractivity contribution >= 4 is 23.2 Å². The number of carbonyl (C=O) groups excluding carboxylic acids is 2. The van der Waals surface area contributed by atoms with Gasteiger partial charge in [-0.2, -0.15) is 0 Å². The van der Waals surface area contributed by atoms with Crippen LogP contribution in [-0.2, 0) is 4.79 Å². The zero-order chi connectivity index (χ0) is 15.2. The second-order valence-electron chi connectivity index (χ2n) is 4.52. The maximum absolute atomic E-state index is 12.2. The molecule has 0 aliphatic rings. The van der Waals surface area contributed by atoms with Crippen LogP contribution in [0.5, 0.6) is 0 Å². The maximum atomic E-state index is 12.2. The van der Waals surface area contributed by atoms with Gasteiger partial charge in [-0.05, 0) is 6.92 Å². The highest BCUT2D eigenvalue weighted by Gasteiger charge is 2.17. The number of nitrogens with zero attached hydrogens (tertiary/aromatic N) is 1. The van der Waals surface area contributed by atoms with Crippen LogP contribution in [0.3, 0.4) is 0 Å². The summed E-state index contributed by atoms with van der Waals surface area (Å²) in [6.45, 7) is 4.14. The third-order valence-corrected chi connectivity index (χ3v) is 3.74. The van der Waals surface area contributed by atoms with Gasteiger partial charge in [0.25, 0.3) is 5.91 Å². The number of rotatable bonds is 5. The van der Waals surface area contributed by atoms with Gasteiger partial charge >= 0.3 is 0 Å². The van der Waals surface area contributed by atoms with Crippen molar-refractivity contribution in [2.75, 3.05) is 13.1 Å². The Balaban J connectivity index is 2.09. The van der Waals surface area contributed by atoms with Crippen LogP contribution in [0.1, 0.15) is 21.6 Å². The summed E-state index contributed by atoms with van der Waals surface area (Å²) in [6.07, 6.45) is 0. The van der Waals surface area contributed by atoms with E-state index in [2.05, 4.69) is 15.6 Å². The summed E-state index contributed by atoms with van der Waals surface area (Å²) in [7, 11) is 0. The molecule has 0 saturated carbocycles. The van der Waals surface area contributed by atoms with Crippen LogP contribution >= 0.6 is 11.3 Å². The van der Waals surface area contributed by atoms with Crippen LogP contribution in [0.15, 0.2) is 30.3 Å². The highest BCUT2D eigenvalue weighted by atomic mass is 32.1. The molecule has 110 valence electrons. The molecule has 0 atom stereocenters. The molecule has 2 N–H and O–H groups in total. The molecule has 0 fully saturated rings. The quantitative estimate of drug-likeness (QED) is 0.830. The Morgan fingerprint density at radius 2 is 1.81 bits per heavy atom. The van der Waals surface area contributed by atoms with Crippen LogP contribution < -0.4 is 10.6 Å². The number of aromatic nitrogens is 1. The summed E-state index contributed by atoms with van der Waals surface area (Å²) in [5.41, 5.74) is 1.63. The minimum atomic E-state index is -0.162. The summed E-state index contributed by atoms with van der Waals surface area (Å²) in [5.74, 6) is -0.271. The van der Waals surface area contributed by atoms with Gasteiger partial charge in [-0.25, -0.2) is 4.98 Å². The molecule has 0 saturated heterocycles. The highest BCUT2D eigenvalue weighted by Crippen LogP contribution is 2.27. The van der Waals surface area contributed by atoms with Gasteiger partial charge in [0.05, 0.1) is 10.7 Å². The van der Waals surface area contributed by atoms with Gasteiger partial charge in [0.15, 0.2) is 0 Å². The van der Waals surface area contributed by atoms with E-state index in [1.165, 1.54) is 18.3 Å². The molecular weight excluding hydrogens is 286 g/mol. The Morgan fingerprint density at radius 1 is 1.14 bits per heavy atom. The van der Waals surface area contributed by atoms with Gasteiger partial charge in [0.1, 0.15) is 4.88 Å². The van der Waals surface area contributed by atoms with Crippen molar-refractivity contribution in [1.82, 2.24) is 15.6 Å². The molecule has 1 aromatic heterocycles. The fourth-order valence-electron chi connectivity index (χ4n) is 1.87. The zero-order valence-corrected chi connectivity index (χ0v) is 12.8. The second-order valence-corrected chi connectivity index (χ2v) is 5.72. The Labute approximate surface area is 127 Å². The highest BCUT2D eigenvalue weighted by molar-refractivity contribution is 7.14. The monoisotopic (exact) mass is 303 g/mol. The summed E-state index contributed by atoms with van der Waals surface area (Å²) < 4.78 is 0. The van der Waals surface area contributed by atoms with Crippen LogP contribution in [0.4, 0.5) is 0 Å². The lowest BCUT2D eigenvalue weighted by Crippen LogP contribution is -2.33. The normalized spacial score (nSPS) is 10.2. The number of nitrogens with one attached hydrogen (secondary N) is 2. The lowest BCUT2D eigenvalue weighted by atomic mass is 10.1. The maximum Gasteiger partial charge on any atom is 0.263 e. The molecule has 0 radical (unpaired) electrons. The summed E-state index contributed by atoms with van der Waals surface area (Å²) in [6, 6.07) is 9.63. The van der Waals surface area contributed by atoms with Crippen molar-refractivity contribution in [3.8, 4) is 11.3 Å². The average Bonchev–Trinajstić information content (AvgIpc) is 2.86. The SMILES string of the molecule is CC(=O)NCCNC(=O)c1sc(C)nc1-c1ccccc1. The molecule has 0 aliphatic carbocycles. The van der Waals surface area contributed by atoms with Crippen molar-refractivity contribution < 1.29 is 9.59 Å².